The Morgan fingerprint density at radius 1 is 1.35 bits per heavy atom. The molecule has 0 aliphatic heterocycles. The van der Waals surface area contributed by atoms with E-state index in [1.54, 1.807) is 6.07 Å². The lowest BCUT2D eigenvalue weighted by Crippen LogP contribution is -2.36. The van der Waals surface area contributed by atoms with E-state index in [9.17, 15) is 4.39 Å². The molecule has 0 aliphatic rings. The van der Waals surface area contributed by atoms with Gasteiger partial charge in [-0.15, -0.1) is 0 Å². The van der Waals surface area contributed by atoms with Gasteiger partial charge in [-0.25, -0.2) is 4.39 Å². The molecule has 1 aromatic carbocycles. The monoisotopic (exact) mass is 257 g/mol. The van der Waals surface area contributed by atoms with Gasteiger partial charge in [0.05, 0.1) is 5.02 Å². The summed E-state index contributed by atoms with van der Waals surface area (Å²) in [7, 11) is 0. The topological polar surface area (TPSA) is 12.0 Å². The largest absolute Gasteiger partial charge is 0.313 e. The van der Waals surface area contributed by atoms with Crippen molar-refractivity contribution in [3.8, 4) is 0 Å². The molecule has 0 aliphatic carbocycles. The predicted molar refractivity (Wildman–Crippen MR) is 72.0 cm³/mol. The van der Waals surface area contributed by atoms with Crippen molar-refractivity contribution in [1.29, 1.82) is 0 Å². The van der Waals surface area contributed by atoms with E-state index in [-0.39, 0.29) is 10.8 Å². The van der Waals surface area contributed by atoms with Crippen LogP contribution in [0, 0.1) is 11.7 Å². The Kier molecular flexibility index (Phi) is 5.93. The number of hydrogen-bond acceptors (Lipinski definition) is 1. The van der Waals surface area contributed by atoms with Crippen LogP contribution in [-0.2, 0) is 6.42 Å². The van der Waals surface area contributed by atoms with Crippen molar-refractivity contribution in [2.75, 3.05) is 6.54 Å². The molecule has 1 rings (SSSR count). The van der Waals surface area contributed by atoms with Crippen LogP contribution < -0.4 is 5.32 Å². The van der Waals surface area contributed by atoms with Crippen LogP contribution in [0.4, 0.5) is 4.39 Å². The molecule has 0 spiro atoms. The minimum atomic E-state index is -0.331. The van der Waals surface area contributed by atoms with E-state index < -0.39 is 0 Å². The Bertz CT molecular complexity index is 352. The summed E-state index contributed by atoms with van der Waals surface area (Å²) in [4.78, 5) is 0. The summed E-state index contributed by atoms with van der Waals surface area (Å²) in [5, 5.41) is 3.69. The molecule has 0 saturated heterocycles. The van der Waals surface area contributed by atoms with E-state index in [0.29, 0.717) is 12.0 Å². The second-order valence-corrected chi connectivity index (χ2v) is 5.16. The second-order valence-electron chi connectivity index (χ2n) is 4.76. The maximum absolute atomic E-state index is 13.3. The van der Waals surface area contributed by atoms with E-state index in [4.69, 9.17) is 11.6 Å². The zero-order valence-electron chi connectivity index (χ0n) is 10.8. The highest BCUT2D eigenvalue weighted by atomic mass is 35.5. The predicted octanol–water partition coefficient (Wildman–Crippen LogP) is 4.05. The van der Waals surface area contributed by atoms with Crippen LogP contribution in [0.1, 0.15) is 32.8 Å². The molecule has 3 heteroatoms. The number of halogens is 2. The van der Waals surface area contributed by atoms with Gasteiger partial charge >= 0.3 is 0 Å². The third kappa shape index (κ3) is 4.64. The Morgan fingerprint density at radius 3 is 2.59 bits per heavy atom. The summed E-state index contributed by atoms with van der Waals surface area (Å²) in [6, 6.07) is 5.44. The minimum Gasteiger partial charge on any atom is -0.313 e. The van der Waals surface area contributed by atoms with Gasteiger partial charge in [-0.3, -0.25) is 0 Å². The summed E-state index contributed by atoms with van der Waals surface area (Å²) in [5.74, 6) is 0.197. The first-order valence-corrected chi connectivity index (χ1v) is 6.59. The van der Waals surface area contributed by atoms with Gasteiger partial charge < -0.3 is 5.32 Å². The third-order valence-corrected chi connectivity index (χ3v) is 3.21. The number of hydrogen-bond donors (Lipinski definition) is 1. The molecule has 17 heavy (non-hydrogen) atoms. The van der Waals surface area contributed by atoms with Gasteiger partial charge in [-0.2, -0.15) is 0 Å². The first kappa shape index (κ1) is 14.5. The first-order chi connectivity index (χ1) is 8.04. The molecular formula is C14H21ClFN. The van der Waals surface area contributed by atoms with Crippen molar-refractivity contribution in [2.24, 2.45) is 5.92 Å². The van der Waals surface area contributed by atoms with Crippen molar-refractivity contribution in [3.63, 3.8) is 0 Å². The molecule has 0 bridgehead atoms. The molecule has 0 amide bonds. The average molecular weight is 258 g/mol. The highest BCUT2D eigenvalue weighted by molar-refractivity contribution is 6.30. The summed E-state index contributed by atoms with van der Waals surface area (Å²) >= 11 is 5.67. The van der Waals surface area contributed by atoms with Gasteiger partial charge in [0.2, 0.25) is 0 Å². The van der Waals surface area contributed by atoms with E-state index in [2.05, 4.69) is 26.1 Å². The van der Waals surface area contributed by atoms with Crippen molar-refractivity contribution in [3.05, 3.63) is 34.6 Å². The Balaban J connectivity index is 2.68. The van der Waals surface area contributed by atoms with Crippen molar-refractivity contribution in [1.82, 2.24) is 5.32 Å². The standard InChI is InChI=1S/C14H21ClFN/c1-4-7-17-14(10(2)3)9-11-5-6-12(15)13(16)8-11/h5-6,8,10,14,17H,4,7,9H2,1-3H3. The van der Waals surface area contributed by atoms with Gasteiger partial charge in [0, 0.05) is 6.04 Å². The molecule has 1 nitrogen and oxygen atoms in total. The highest BCUT2D eigenvalue weighted by Gasteiger charge is 2.13. The molecular weight excluding hydrogens is 237 g/mol. The maximum Gasteiger partial charge on any atom is 0.142 e. The quantitative estimate of drug-likeness (QED) is 0.811. The lowest BCUT2D eigenvalue weighted by Gasteiger charge is -2.22. The average Bonchev–Trinajstić information content (AvgIpc) is 2.28. The van der Waals surface area contributed by atoms with Crippen LogP contribution in [0.15, 0.2) is 18.2 Å². The molecule has 0 saturated carbocycles. The maximum atomic E-state index is 13.3. The van der Waals surface area contributed by atoms with E-state index in [0.717, 1.165) is 24.9 Å². The van der Waals surface area contributed by atoms with Crippen LogP contribution in [0.3, 0.4) is 0 Å². The lowest BCUT2D eigenvalue weighted by atomic mass is 9.96. The summed E-state index contributed by atoms with van der Waals surface area (Å²) in [6.07, 6.45) is 1.95. The van der Waals surface area contributed by atoms with Gasteiger partial charge in [0.15, 0.2) is 0 Å². The van der Waals surface area contributed by atoms with Crippen LogP contribution in [0.25, 0.3) is 0 Å². The molecule has 0 aromatic heterocycles. The Morgan fingerprint density at radius 2 is 2.06 bits per heavy atom. The van der Waals surface area contributed by atoms with Crippen LogP contribution >= 0.6 is 11.6 Å². The number of rotatable bonds is 6. The normalized spacial score (nSPS) is 13.1. The molecule has 0 heterocycles. The van der Waals surface area contributed by atoms with Crippen molar-refractivity contribution in [2.45, 2.75) is 39.7 Å². The zero-order valence-corrected chi connectivity index (χ0v) is 11.5. The third-order valence-electron chi connectivity index (χ3n) is 2.90. The smallest absolute Gasteiger partial charge is 0.142 e. The van der Waals surface area contributed by atoms with E-state index >= 15 is 0 Å². The fourth-order valence-electron chi connectivity index (χ4n) is 1.79. The zero-order chi connectivity index (χ0) is 12.8. The molecule has 0 fully saturated rings. The van der Waals surface area contributed by atoms with Crippen LogP contribution in [0.2, 0.25) is 5.02 Å². The molecule has 0 radical (unpaired) electrons. The van der Waals surface area contributed by atoms with Crippen LogP contribution in [-0.4, -0.2) is 12.6 Å². The lowest BCUT2D eigenvalue weighted by molar-refractivity contribution is 0.397. The van der Waals surface area contributed by atoms with Gasteiger partial charge in [-0.05, 0) is 43.0 Å². The van der Waals surface area contributed by atoms with Crippen molar-refractivity contribution < 1.29 is 4.39 Å². The molecule has 1 aromatic rings. The highest BCUT2D eigenvalue weighted by Crippen LogP contribution is 2.18. The fraction of sp³-hybridized carbons (Fsp3) is 0.571. The number of benzene rings is 1. The van der Waals surface area contributed by atoms with Crippen molar-refractivity contribution >= 4 is 11.6 Å². The Hall–Kier alpha value is -0.600. The molecule has 96 valence electrons. The van der Waals surface area contributed by atoms with E-state index in [1.165, 1.54) is 6.07 Å². The second kappa shape index (κ2) is 6.97. The summed E-state index contributed by atoms with van der Waals surface area (Å²) < 4.78 is 13.3. The summed E-state index contributed by atoms with van der Waals surface area (Å²) in [5.41, 5.74) is 0.995. The molecule has 1 N–H and O–H groups in total. The molecule has 1 atom stereocenters. The van der Waals surface area contributed by atoms with Gasteiger partial charge in [0.25, 0.3) is 0 Å². The number of nitrogens with one attached hydrogen (secondary N) is 1. The first-order valence-electron chi connectivity index (χ1n) is 6.22. The minimum absolute atomic E-state index is 0.191. The van der Waals surface area contributed by atoms with Gasteiger partial charge in [0.1, 0.15) is 5.82 Å². The molecule has 1 unspecified atom stereocenters. The fourth-order valence-corrected chi connectivity index (χ4v) is 1.91. The van der Waals surface area contributed by atoms with Gasteiger partial charge in [-0.1, -0.05) is 38.4 Å². The SMILES string of the molecule is CCCNC(Cc1ccc(Cl)c(F)c1)C(C)C. The summed E-state index contributed by atoms with van der Waals surface area (Å²) in [6.45, 7) is 7.50. The Labute approximate surface area is 108 Å². The van der Waals surface area contributed by atoms with Crippen LogP contribution in [0.5, 0.6) is 0 Å². The van der Waals surface area contributed by atoms with E-state index in [1.807, 2.05) is 6.07 Å².